The van der Waals surface area contributed by atoms with Crippen molar-refractivity contribution in [3.8, 4) is 0 Å². The number of aliphatic hydroxyl groups is 1. The van der Waals surface area contributed by atoms with Crippen LogP contribution >= 0.6 is 0 Å². The van der Waals surface area contributed by atoms with Crippen molar-refractivity contribution in [3.05, 3.63) is 108 Å². The quantitative estimate of drug-likeness (QED) is 0.380. The largest absolute Gasteiger partial charge is 0.388 e. The predicted octanol–water partition coefficient (Wildman–Crippen LogP) is 3.87. The van der Waals surface area contributed by atoms with E-state index < -0.39 is 18.3 Å². The molecule has 3 atom stereocenters. The third-order valence-corrected chi connectivity index (χ3v) is 5.29. The van der Waals surface area contributed by atoms with Gasteiger partial charge in [-0.15, -0.1) is 0 Å². The number of ether oxygens (including phenoxy) is 3. The summed E-state index contributed by atoms with van der Waals surface area (Å²) in [5.74, 6) is -0.176. The van der Waals surface area contributed by atoms with E-state index in [1.165, 1.54) is 6.92 Å². The smallest absolute Gasteiger partial charge is 0.216 e. The minimum Gasteiger partial charge on any atom is -0.388 e. The Morgan fingerprint density at radius 2 is 1.24 bits per heavy atom. The highest BCUT2D eigenvalue weighted by molar-refractivity contribution is 5.72. The fourth-order valence-electron chi connectivity index (χ4n) is 3.49. The van der Waals surface area contributed by atoms with Crippen molar-refractivity contribution >= 4 is 5.91 Å². The number of carbonyl (C=O) groups excluding carboxylic acids is 1. The Labute approximate surface area is 201 Å². The second-order valence-electron chi connectivity index (χ2n) is 8.10. The summed E-state index contributed by atoms with van der Waals surface area (Å²) in [5.41, 5.74) is 2.99. The van der Waals surface area contributed by atoms with E-state index in [2.05, 4.69) is 5.32 Å². The van der Waals surface area contributed by atoms with Crippen molar-refractivity contribution in [2.45, 2.75) is 45.1 Å². The lowest BCUT2D eigenvalue weighted by atomic mass is 10.1. The number of aliphatic hydroxyl groups excluding tert-OH is 1. The Morgan fingerprint density at radius 1 is 0.765 bits per heavy atom. The predicted molar refractivity (Wildman–Crippen MR) is 131 cm³/mol. The van der Waals surface area contributed by atoms with E-state index in [0.29, 0.717) is 19.8 Å². The molecule has 0 aliphatic carbocycles. The highest BCUT2D eigenvalue weighted by Gasteiger charge is 2.31. The first-order valence-corrected chi connectivity index (χ1v) is 11.5. The standard InChI is InChI=1S/C28H33NO5/c1-22(30)29-17-27(33-19-24-13-7-3-8-14-24)28(34-20-25-15-9-4-10-16-25)26(31)21-32-18-23-11-5-2-6-12-23/h2-16,26-28,31H,17-21H2,1H3,(H,29,30)/t26-,27+,28+/m0/s1. The fourth-order valence-corrected chi connectivity index (χ4v) is 3.49. The monoisotopic (exact) mass is 463 g/mol. The van der Waals surface area contributed by atoms with Gasteiger partial charge in [-0.1, -0.05) is 91.0 Å². The number of benzene rings is 3. The Hall–Kier alpha value is -3.03. The average Bonchev–Trinajstić information content (AvgIpc) is 2.87. The molecule has 0 saturated heterocycles. The van der Waals surface area contributed by atoms with E-state index in [4.69, 9.17) is 14.2 Å². The second-order valence-corrected chi connectivity index (χ2v) is 8.10. The molecule has 0 saturated carbocycles. The summed E-state index contributed by atoms with van der Waals surface area (Å²) in [6.45, 7) is 2.73. The molecule has 0 radical (unpaired) electrons. The van der Waals surface area contributed by atoms with Crippen LogP contribution in [-0.4, -0.2) is 42.5 Å². The van der Waals surface area contributed by atoms with Crippen LogP contribution in [0.2, 0.25) is 0 Å². The van der Waals surface area contributed by atoms with E-state index in [1.807, 2.05) is 91.0 Å². The second kappa shape index (κ2) is 14.3. The van der Waals surface area contributed by atoms with Crippen LogP contribution < -0.4 is 5.32 Å². The lowest BCUT2D eigenvalue weighted by Crippen LogP contribution is -2.48. The Balaban J connectivity index is 1.69. The third-order valence-electron chi connectivity index (χ3n) is 5.29. The van der Waals surface area contributed by atoms with Gasteiger partial charge < -0.3 is 24.6 Å². The first-order chi connectivity index (χ1) is 16.6. The summed E-state index contributed by atoms with van der Waals surface area (Å²) in [6.07, 6.45) is -2.25. The van der Waals surface area contributed by atoms with E-state index >= 15 is 0 Å². The van der Waals surface area contributed by atoms with Crippen LogP contribution in [0.15, 0.2) is 91.0 Å². The molecule has 3 aromatic carbocycles. The van der Waals surface area contributed by atoms with Gasteiger partial charge in [0.25, 0.3) is 0 Å². The lowest BCUT2D eigenvalue weighted by Gasteiger charge is -2.31. The van der Waals surface area contributed by atoms with Gasteiger partial charge in [0.05, 0.1) is 26.4 Å². The first kappa shape index (κ1) is 25.6. The molecule has 0 bridgehead atoms. The first-order valence-electron chi connectivity index (χ1n) is 11.5. The van der Waals surface area contributed by atoms with Crippen molar-refractivity contribution in [2.24, 2.45) is 0 Å². The molecule has 6 nitrogen and oxygen atoms in total. The zero-order chi connectivity index (χ0) is 24.0. The van der Waals surface area contributed by atoms with Gasteiger partial charge in [0, 0.05) is 13.5 Å². The zero-order valence-electron chi connectivity index (χ0n) is 19.5. The zero-order valence-corrected chi connectivity index (χ0v) is 19.5. The maximum atomic E-state index is 11.6. The van der Waals surface area contributed by atoms with Crippen molar-refractivity contribution in [1.29, 1.82) is 0 Å². The number of nitrogens with one attached hydrogen (secondary N) is 1. The van der Waals surface area contributed by atoms with Crippen LogP contribution in [0.25, 0.3) is 0 Å². The highest BCUT2D eigenvalue weighted by atomic mass is 16.6. The van der Waals surface area contributed by atoms with Crippen LogP contribution in [-0.2, 0) is 38.8 Å². The van der Waals surface area contributed by atoms with Crippen molar-refractivity contribution < 1.29 is 24.1 Å². The van der Waals surface area contributed by atoms with E-state index in [1.54, 1.807) is 0 Å². The molecule has 0 spiro atoms. The number of hydrogen-bond donors (Lipinski definition) is 2. The van der Waals surface area contributed by atoms with Gasteiger partial charge >= 0.3 is 0 Å². The maximum absolute atomic E-state index is 11.6. The summed E-state index contributed by atoms with van der Waals surface area (Å²) >= 11 is 0. The van der Waals surface area contributed by atoms with Crippen molar-refractivity contribution in [1.82, 2.24) is 5.32 Å². The summed E-state index contributed by atoms with van der Waals surface area (Å²) in [6, 6.07) is 29.3. The fraction of sp³-hybridized carbons (Fsp3) is 0.321. The van der Waals surface area contributed by atoms with Crippen LogP contribution in [0.1, 0.15) is 23.6 Å². The molecular formula is C28H33NO5. The molecule has 3 rings (SSSR count). The average molecular weight is 464 g/mol. The van der Waals surface area contributed by atoms with Crippen LogP contribution in [0.5, 0.6) is 0 Å². The van der Waals surface area contributed by atoms with Crippen molar-refractivity contribution in [3.63, 3.8) is 0 Å². The normalized spacial score (nSPS) is 13.7. The van der Waals surface area contributed by atoms with Gasteiger partial charge in [0.2, 0.25) is 5.91 Å². The maximum Gasteiger partial charge on any atom is 0.216 e. The lowest BCUT2D eigenvalue weighted by molar-refractivity contribution is -0.148. The summed E-state index contributed by atoms with van der Waals surface area (Å²) < 4.78 is 18.1. The molecular weight excluding hydrogens is 430 g/mol. The Kier molecular flexibility index (Phi) is 10.7. The van der Waals surface area contributed by atoms with E-state index in [9.17, 15) is 9.90 Å². The molecule has 2 N–H and O–H groups in total. The Morgan fingerprint density at radius 3 is 1.74 bits per heavy atom. The summed E-state index contributed by atoms with van der Waals surface area (Å²) in [4.78, 5) is 11.6. The molecule has 3 aromatic rings. The van der Waals surface area contributed by atoms with E-state index in [-0.39, 0.29) is 19.1 Å². The minimum absolute atomic E-state index is 0.0691. The molecule has 0 heterocycles. The number of rotatable bonds is 14. The van der Waals surface area contributed by atoms with Gasteiger partial charge in [-0.3, -0.25) is 4.79 Å². The molecule has 34 heavy (non-hydrogen) atoms. The Bertz CT molecular complexity index is 952. The molecule has 1 amide bonds. The molecule has 180 valence electrons. The van der Waals surface area contributed by atoms with Gasteiger partial charge in [-0.05, 0) is 16.7 Å². The third kappa shape index (κ3) is 9.08. The van der Waals surface area contributed by atoms with Crippen LogP contribution in [0, 0.1) is 0 Å². The highest BCUT2D eigenvalue weighted by Crippen LogP contribution is 2.16. The van der Waals surface area contributed by atoms with E-state index in [0.717, 1.165) is 16.7 Å². The number of amides is 1. The van der Waals surface area contributed by atoms with Gasteiger partial charge in [0.15, 0.2) is 0 Å². The molecule has 0 aliphatic heterocycles. The van der Waals surface area contributed by atoms with Gasteiger partial charge in [-0.2, -0.15) is 0 Å². The van der Waals surface area contributed by atoms with Crippen molar-refractivity contribution in [2.75, 3.05) is 13.2 Å². The SMILES string of the molecule is CC(=O)NC[C@@H](OCc1ccccc1)[C@H](OCc1ccccc1)[C@@H](O)COCc1ccccc1. The van der Waals surface area contributed by atoms with Gasteiger partial charge in [0.1, 0.15) is 18.3 Å². The molecule has 0 aromatic heterocycles. The number of hydrogen-bond acceptors (Lipinski definition) is 5. The molecule has 0 fully saturated rings. The number of carbonyl (C=O) groups is 1. The topological polar surface area (TPSA) is 77.0 Å². The van der Waals surface area contributed by atoms with Gasteiger partial charge in [-0.25, -0.2) is 0 Å². The molecule has 0 unspecified atom stereocenters. The summed E-state index contributed by atoms with van der Waals surface area (Å²) in [5, 5.41) is 13.9. The minimum atomic E-state index is -0.957. The van der Waals surface area contributed by atoms with Crippen LogP contribution in [0.4, 0.5) is 0 Å². The molecule has 0 aliphatic rings. The summed E-state index contributed by atoms with van der Waals surface area (Å²) in [7, 11) is 0. The molecule has 6 heteroatoms. The van der Waals surface area contributed by atoms with Crippen LogP contribution in [0.3, 0.4) is 0 Å².